The summed E-state index contributed by atoms with van der Waals surface area (Å²) in [4.78, 5) is 35.1. The van der Waals surface area contributed by atoms with E-state index >= 15 is 0 Å². The smallest absolute Gasteiger partial charge is 0.307 e. The minimum atomic E-state index is -0.962. The lowest BCUT2D eigenvalue weighted by molar-refractivity contribution is -0.137. The average Bonchev–Trinajstić information content (AvgIpc) is 2.46. The van der Waals surface area contributed by atoms with Gasteiger partial charge in [0.1, 0.15) is 0 Å². The number of hydrogen-bond acceptors (Lipinski definition) is 3. The zero-order valence-corrected chi connectivity index (χ0v) is 12.6. The third kappa shape index (κ3) is 5.95. The Balaban J connectivity index is 2.86. The number of carbonyl (C=O) groups is 3. The van der Waals surface area contributed by atoms with Crippen molar-refractivity contribution < 1.29 is 24.6 Å². The van der Waals surface area contributed by atoms with E-state index in [1.807, 2.05) is 6.92 Å². The fraction of sp³-hybridized carbons (Fsp3) is 0.438. The highest BCUT2D eigenvalue weighted by Crippen LogP contribution is 2.18. The predicted molar refractivity (Wildman–Crippen MR) is 81.9 cm³/mol. The van der Waals surface area contributed by atoms with Crippen LogP contribution in [0.2, 0.25) is 0 Å². The molecule has 6 heteroatoms. The molecule has 0 fully saturated rings. The van der Waals surface area contributed by atoms with E-state index in [1.165, 1.54) is 4.90 Å². The summed E-state index contributed by atoms with van der Waals surface area (Å²) in [6.45, 7) is 2.09. The molecule has 0 saturated carbocycles. The first-order valence-electron chi connectivity index (χ1n) is 7.27. The second-order valence-corrected chi connectivity index (χ2v) is 5.03. The maximum atomic E-state index is 12.2. The number of carboxylic acids is 2. The largest absolute Gasteiger partial charge is 0.481 e. The molecule has 0 aromatic heterocycles. The van der Waals surface area contributed by atoms with Gasteiger partial charge in [0.2, 0.25) is 5.91 Å². The van der Waals surface area contributed by atoms with E-state index in [0.29, 0.717) is 17.7 Å². The van der Waals surface area contributed by atoms with Crippen LogP contribution < -0.4 is 4.90 Å². The summed E-state index contributed by atoms with van der Waals surface area (Å²) >= 11 is 0. The molecule has 1 aromatic rings. The number of nitrogens with zero attached hydrogens (tertiary/aromatic N) is 1. The molecule has 22 heavy (non-hydrogen) atoms. The van der Waals surface area contributed by atoms with Gasteiger partial charge in [-0.2, -0.15) is 0 Å². The summed E-state index contributed by atoms with van der Waals surface area (Å²) in [7, 11) is 0. The van der Waals surface area contributed by atoms with E-state index < -0.39 is 11.9 Å². The van der Waals surface area contributed by atoms with Gasteiger partial charge >= 0.3 is 11.9 Å². The Hall–Kier alpha value is -2.37. The van der Waals surface area contributed by atoms with Crippen LogP contribution in [0, 0.1) is 0 Å². The first kappa shape index (κ1) is 17.7. The molecular formula is C16H21NO5. The van der Waals surface area contributed by atoms with Crippen molar-refractivity contribution in [1.82, 2.24) is 0 Å². The van der Waals surface area contributed by atoms with Gasteiger partial charge in [-0.1, -0.05) is 25.5 Å². The molecule has 0 radical (unpaired) electrons. The van der Waals surface area contributed by atoms with Gasteiger partial charge in [-0.25, -0.2) is 0 Å². The van der Waals surface area contributed by atoms with Crippen LogP contribution in [-0.2, 0) is 20.8 Å². The molecule has 0 aliphatic carbocycles. The molecule has 0 atom stereocenters. The molecule has 0 saturated heterocycles. The summed E-state index contributed by atoms with van der Waals surface area (Å²) in [5.41, 5.74) is 1.23. The van der Waals surface area contributed by atoms with Crippen LogP contribution in [0.5, 0.6) is 0 Å². The van der Waals surface area contributed by atoms with E-state index in [-0.39, 0.29) is 25.3 Å². The Morgan fingerprint density at radius 2 is 1.64 bits per heavy atom. The molecule has 0 bridgehead atoms. The van der Waals surface area contributed by atoms with Gasteiger partial charge in [-0.3, -0.25) is 14.4 Å². The summed E-state index contributed by atoms with van der Waals surface area (Å²) in [6.07, 6.45) is 1.79. The van der Waals surface area contributed by atoms with Gasteiger partial charge in [0.05, 0.1) is 12.8 Å². The Labute approximate surface area is 129 Å². The Kier molecular flexibility index (Phi) is 7.08. The van der Waals surface area contributed by atoms with Crippen LogP contribution in [0.4, 0.5) is 5.69 Å². The van der Waals surface area contributed by atoms with Gasteiger partial charge < -0.3 is 15.1 Å². The molecule has 1 rings (SSSR count). The van der Waals surface area contributed by atoms with Crippen molar-refractivity contribution in [2.75, 3.05) is 11.4 Å². The third-order valence-corrected chi connectivity index (χ3v) is 3.20. The van der Waals surface area contributed by atoms with Gasteiger partial charge in [-0.15, -0.1) is 0 Å². The molecule has 1 aromatic carbocycles. The van der Waals surface area contributed by atoms with Gasteiger partial charge in [0.25, 0.3) is 0 Å². The van der Waals surface area contributed by atoms with Crippen molar-refractivity contribution in [3.63, 3.8) is 0 Å². The number of hydrogen-bond donors (Lipinski definition) is 2. The maximum absolute atomic E-state index is 12.2. The van der Waals surface area contributed by atoms with Crippen LogP contribution >= 0.6 is 0 Å². The number of unbranched alkanes of at least 4 members (excludes halogenated alkanes) is 1. The Morgan fingerprint density at radius 1 is 1.00 bits per heavy atom. The highest BCUT2D eigenvalue weighted by atomic mass is 16.4. The lowest BCUT2D eigenvalue weighted by Crippen LogP contribution is -2.32. The first-order valence-corrected chi connectivity index (χ1v) is 7.27. The molecule has 0 heterocycles. The quantitative estimate of drug-likeness (QED) is 0.730. The van der Waals surface area contributed by atoms with Crippen molar-refractivity contribution in [3.8, 4) is 0 Å². The van der Waals surface area contributed by atoms with Crippen LogP contribution in [-0.4, -0.2) is 34.6 Å². The van der Waals surface area contributed by atoms with E-state index in [2.05, 4.69) is 0 Å². The SMILES string of the molecule is CCCCC(=O)N(CCC(=O)O)c1ccc(CC(=O)O)cc1. The van der Waals surface area contributed by atoms with Crippen molar-refractivity contribution in [3.05, 3.63) is 29.8 Å². The average molecular weight is 307 g/mol. The molecule has 120 valence electrons. The monoisotopic (exact) mass is 307 g/mol. The molecule has 2 N–H and O–H groups in total. The second-order valence-electron chi connectivity index (χ2n) is 5.03. The predicted octanol–water partition coefficient (Wildman–Crippen LogP) is 2.31. The fourth-order valence-corrected chi connectivity index (χ4v) is 2.04. The summed E-state index contributed by atoms with van der Waals surface area (Å²) in [6, 6.07) is 6.60. The number of carbonyl (C=O) groups excluding carboxylic acids is 1. The van der Waals surface area contributed by atoms with E-state index in [1.54, 1.807) is 24.3 Å². The zero-order valence-electron chi connectivity index (χ0n) is 12.6. The number of anilines is 1. The van der Waals surface area contributed by atoms with Crippen LogP contribution in [0.3, 0.4) is 0 Å². The number of benzene rings is 1. The van der Waals surface area contributed by atoms with Crippen molar-refractivity contribution in [2.45, 2.75) is 39.0 Å². The van der Waals surface area contributed by atoms with Crippen molar-refractivity contribution >= 4 is 23.5 Å². The van der Waals surface area contributed by atoms with Gasteiger partial charge in [0, 0.05) is 18.7 Å². The highest BCUT2D eigenvalue weighted by Gasteiger charge is 2.16. The lowest BCUT2D eigenvalue weighted by Gasteiger charge is -2.22. The normalized spacial score (nSPS) is 10.2. The van der Waals surface area contributed by atoms with Crippen molar-refractivity contribution in [2.24, 2.45) is 0 Å². The van der Waals surface area contributed by atoms with E-state index in [9.17, 15) is 14.4 Å². The number of rotatable bonds is 9. The third-order valence-electron chi connectivity index (χ3n) is 3.20. The van der Waals surface area contributed by atoms with E-state index in [4.69, 9.17) is 10.2 Å². The van der Waals surface area contributed by atoms with Crippen LogP contribution in [0.25, 0.3) is 0 Å². The molecule has 0 spiro atoms. The van der Waals surface area contributed by atoms with Crippen LogP contribution in [0.15, 0.2) is 24.3 Å². The maximum Gasteiger partial charge on any atom is 0.307 e. The number of carboxylic acid groups (broad SMARTS) is 2. The first-order chi connectivity index (χ1) is 10.4. The van der Waals surface area contributed by atoms with Crippen molar-refractivity contribution in [1.29, 1.82) is 0 Å². The second kappa shape index (κ2) is 8.81. The molecule has 6 nitrogen and oxygen atoms in total. The molecule has 0 unspecified atom stereocenters. The molecular weight excluding hydrogens is 286 g/mol. The molecule has 0 aliphatic rings. The fourth-order valence-electron chi connectivity index (χ4n) is 2.04. The number of aliphatic carboxylic acids is 2. The Bertz CT molecular complexity index is 524. The van der Waals surface area contributed by atoms with Crippen LogP contribution in [0.1, 0.15) is 38.2 Å². The minimum Gasteiger partial charge on any atom is -0.481 e. The minimum absolute atomic E-state index is 0.0841. The lowest BCUT2D eigenvalue weighted by atomic mass is 10.1. The topological polar surface area (TPSA) is 94.9 Å². The Morgan fingerprint density at radius 3 is 2.14 bits per heavy atom. The number of amides is 1. The molecule has 1 amide bonds. The summed E-state index contributed by atoms with van der Waals surface area (Å²) in [5, 5.41) is 17.6. The van der Waals surface area contributed by atoms with Gasteiger partial charge in [0.15, 0.2) is 0 Å². The molecule has 0 aliphatic heterocycles. The summed E-state index contributed by atoms with van der Waals surface area (Å²) < 4.78 is 0. The van der Waals surface area contributed by atoms with Gasteiger partial charge in [-0.05, 0) is 24.1 Å². The van der Waals surface area contributed by atoms with E-state index in [0.717, 1.165) is 12.8 Å². The summed E-state index contributed by atoms with van der Waals surface area (Å²) in [5.74, 6) is -2.00. The zero-order chi connectivity index (χ0) is 16.5. The highest BCUT2D eigenvalue weighted by molar-refractivity contribution is 5.93. The standard InChI is InChI=1S/C16H21NO5/c1-2-3-4-14(18)17(10-9-15(19)20)13-7-5-12(6-8-13)11-16(21)22/h5-8H,2-4,9-11H2,1H3,(H,19,20)(H,21,22).